The molecular formula is C21H22N4O2S. The highest BCUT2D eigenvalue weighted by molar-refractivity contribution is 7.99. The molecule has 3 aromatic rings. The Labute approximate surface area is 167 Å². The summed E-state index contributed by atoms with van der Waals surface area (Å²) in [4.78, 5) is 29.4. The van der Waals surface area contributed by atoms with Crippen molar-refractivity contribution < 1.29 is 9.59 Å². The SMILES string of the molecule is O=C(CSc1ncc2ccccn12)Nc1ccccc1C(=O)NC1CCCC1. The van der Waals surface area contributed by atoms with Crippen molar-refractivity contribution in [3.8, 4) is 0 Å². The molecule has 1 fully saturated rings. The summed E-state index contributed by atoms with van der Waals surface area (Å²) in [5, 5.41) is 6.71. The van der Waals surface area contributed by atoms with Gasteiger partial charge in [-0.05, 0) is 37.1 Å². The largest absolute Gasteiger partial charge is 0.349 e. The van der Waals surface area contributed by atoms with E-state index in [1.54, 1.807) is 18.3 Å². The van der Waals surface area contributed by atoms with Crippen LogP contribution in [0.1, 0.15) is 36.0 Å². The number of carbonyl (C=O) groups excluding carboxylic acids is 2. The molecule has 2 aromatic heterocycles. The number of imidazole rings is 1. The number of benzene rings is 1. The van der Waals surface area contributed by atoms with Crippen LogP contribution in [-0.2, 0) is 4.79 Å². The van der Waals surface area contributed by atoms with Crippen LogP contribution in [0.3, 0.4) is 0 Å². The quantitative estimate of drug-likeness (QED) is 0.625. The van der Waals surface area contributed by atoms with E-state index in [9.17, 15) is 9.59 Å². The number of amides is 2. The molecule has 2 amide bonds. The minimum Gasteiger partial charge on any atom is -0.349 e. The first-order chi connectivity index (χ1) is 13.7. The summed E-state index contributed by atoms with van der Waals surface area (Å²) in [6.45, 7) is 0. The van der Waals surface area contributed by atoms with Crippen molar-refractivity contribution >= 4 is 34.8 Å². The predicted molar refractivity (Wildman–Crippen MR) is 111 cm³/mol. The molecule has 0 spiro atoms. The Hall–Kier alpha value is -2.80. The van der Waals surface area contributed by atoms with E-state index in [2.05, 4.69) is 15.6 Å². The molecule has 0 bridgehead atoms. The number of nitrogens with one attached hydrogen (secondary N) is 2. The van der Waals surface area contributed by atoms with Crippen LogP contribution in [0.15, 0.2) is 60.0 Å². The monoisotopic (exact) mass is 394 g/mol. The number of hydrogen-bond acceptors (Lipinski definition) is 4. The maximum absolute atomic E-state index is 12.6. The first-order valence-corrected chi connectivity index (χ1v) is 10.4. The number of hydrogen-bond donors (Lipinski definition) is 2. The average Bonchev–Trinajstić information content (AvgIpc) is 3.36. The molecule has 1 aliphatic carbocycles. The van der Waals surface area contributed by atoms with Crippen molar-refractivity contribution in [3.05, 3.63) is 60.4 Å². The molecule has 0 aliphatic heterocycles. The molecule has 7 heteroatoms. The smallest absolute Gasteiger partial charge is 0.253 e. The summed E-state index contributed by atoms with van der Waals surface area (Å²) in [5.74, 6) is -0.0828. The molecule has 6 nitrogen and oxygen atoms in total. The highest BCUT2D eigenvalue weighted by Crippen LogP contribution is 2.22. The van der Waals surface area contributed by atoms with Gasteiger partial charge in [-0.25, -0.2) is 4.98 Å². The highest BCUT2D eigenvalue weighted by Gasteiger charge is 2.20. The molecule has 0 saturated heterocycles. The molecule has 0 atom stereocenters. The minimum atomic E-state index is -0.168. The van der Waals surface area contributed by atoms with Crippen molar-refractivity contribution in [2.45, 2.75) is 36.9 Å². The Morgan fingerprint density at radius 1 is 1.11 bits per heavy atom. The lowest BCUT2D eigenvalue weighted by atomic mass is 10.1. The Kier molecular flexibility index (Phi) is 5.62. The van der Waals surface area contributed by atoms with Crippen molar-refractivity contribution in [3.63, 3.8) is 0 Å². The fraction of sp³-hybridized carbons (Fsp3) is 0.286. The molecule has 2 N–H and O–H groups in total. The third-order valence-corrected chi connectivity index (χ3v) is 5.84. The number of rotatable bonds is 6. The van der Waals surface area contributed by atoms with E-state index in [1.807, 2.05) is 40.9 Å². The van der Waals surface area contributed by atoms with Crippen LogP contribution in [0.4, 0.5) is 5.69 Å². The number of anilines is 1. The van der Waals surface area contributed by atoms with E-state index in [4.69, 9.17) is 0 Å². The van der Waals surface area contributed by atoms with E-state index >= 15 is 0 Å². The van der Waals surface area contributed by atoms with Crippen molar-refractivity contribution in [2.24, 2.45) is 0 Å². The Balaban J connectivity index is 1.39. The lowest BCUT2D eigenvalue weighted by Gasteiger charge is -2.15. The third-order valence-electron chi connectivity index (χ3n) is 4.87. The maximum Gasteiger partial charge on any atom is 0.253 e. The molecule has 144 valence electrons. The fourth-order valence-electron chi connectivity index (χ4n) is 3.47. The second-order valence-corrected chi connectivity index (χ2v) is 7.82. The molecule has 1 saturated carbocycles. The lowest BCUT2D eigenvalue weighted by molar-refractivity contribution is -0.113. The van der Waals surface area contributed by atoms with E-state index in [0.29, 0.717) is 11.3 Å². The standard InChI is InChI=1S/C21H22N4O2S/c26-19(14-28-21-22-13-16-9-5-6-12-25(16)21)24-18-11-4-3-10-17(18)20(27)23-15-7-1-2-8-15/h3-6,9-13,15H,1-2,7-8,14H2,(H,23,27)(H,24,26). The van der Waals surface area contributed by atoms with Gasteiger partial charge in [0, 0.05) is 12.2 Å². The summed E-state index contributed by atoms with van der Waals surface area (Å²) in [6, 6.07) is 13.2. The molecule has 28 heavy (non-hydrogen) atoms. The van der Waals surface area contributed by atoms with Crippen LogP contribution >= 0.6 is 11.8 Å². The second kappa shape index (κ2) is 8.48. The van der Waals surface area contributed by atoms with Gasteiger partial charge < -0.3 is 10.6 Å². The Morgan fingerprint density at radius 3 is 2.75 bits per heavy atom. The number of aromatic nitrogens is 2. The molecule has 1 aliphatic rings. The zero-order valence-electron chi connectivity index (χ0n) is 15.4. The van der Waals surface area contributed by atoms with E-state index in [1.165, 1.54) is 11.8 Å². The highest BCUT2D eigenvalue weighted by atomic mass is 32.2. The number of fused-ring (bicyclic) bond motifs is 1. The van der Waals surface area contributed by atoms with Crippen LogP contribution in [0.25, 0.3) is 5.52 Å². The van der Waals surface area contributed by atoms with Gasteiger partial charge in [-0.3, -0.25) is 14.0 Å². The topological polar surface area (TPSA) is 75.5 Å². The van der Waals surface area contributed by atoms with Gasteiger partial charge in [0.25, 0.3) is 5.91 Å². The van der Waals surface area contributed by atoms with E-state index in [-0.39, 0.29) is 23.6 Å². The van der Waals surface area contributed by atoms with Gasteiger partial charge in [-0.1, -0.05) is 42.8 Å². The zero-order chi connectivity index (χ0) is 19.3. The van der Waals surface area contributed by atoms with Crippen molar-refractivity contribution in [2.75, 3.05) is 11.1 Å². The summed E-state index contributed by atoms with van der Waals surface area (Å²) >= 11 is 1.36. The summed E-state index contributed by atoms with van der Waals surface area (Å²) in [7, 11) is 0. The number of nitrogens with zero attached hydrogens (tertiary/aromatic N) is 2. The number of para-hydroxylation sites is 1. The first-order valence-electron chi connectivity index (χ1n) is 9.45. The number of carbonyl (C=O) groups is 2. The first kappa shape index (κ1) is 18.6. The summed E-state index contributed by atoms with van der Waals surface area (Å²) in [6.07, 6.45) is 8.06. The van der Waals surface area contributed by atoms with Crippen LogP contribution in [-0.4, -0.2) is 33.0 Å². The van der Waals surface area contributed by atoms with Gasteiger partial charge in [0.05, 0.1) is 28.7 Å². The summed E-state index contributed by atoms with van der Waals surface area (Å²) in [5.41, 5.74) is 2.02. The molecule has 0 unspecified atom stereocenters. The van der Waals surface area contributed by atoms with E-state index in [0.717, 1.165) is 36.4 Å². The van der Waals surface area contributed by atoms with Gasteiger partial charge >= 0.3 is 0 Å². The third kappa shape index (κ3) is 4.20. The molecule has 2 heterocycles. The van der Waals surface area contributed by atoms with Gasteiger partial charge in [0.1, 0.15) is 0 Å². The predicted octanol–water partition coefficient (Wildman–Crippen LogP) is 3.74. The Morgan fingerprint density at radius 2 is 1.89 bits per heavy atom. The Bertz CT molecular complexity index is 995. The van der Waals surface area contributed by atoms with Crippen LogP contribution in [0.5, 0.6) is 0 Å². The lowest BCUT2D eigenvalue weighted by Crippen LogP contribution is -2.33. The fourth-order valence-corrected chi connectivity index (χ4v) is 4.23. The van der Waals surface area contributed by atoms with Gasteiger partial charge in [-0.2, -0.15) is 0 Å². The molecular weight excluding hydrogens is 372 g/mol. The van der Waals surface area contributed by atoms with Crippen molar-refractivity contribution in [1.82, 2.24) is 14.7 Å². The average molecular weight is 395 g/mol. The molecule has 4 rings (SSSR count). The van der Waals surface area contributed by atoms with Gasteiger partial charge in [0.15, 0.2) is 5.16 Å². The van der Waals surface area contributed by atoms with Crippen LogP contribution in [0, 0.1) is 0 Å². The second-order valence-electron chi connectivity index (χ2n) is 6.87. The van der Waals surface area contributed by atoms with Crippen LogP contribution < -0.4 is 10.6 Å². The number of thioether (sulfide) groups is 1. The molecule has 1 aromatic carbocycles. The van der Waals surface area contributed by atoms with E-state index < -0.39 is 0 Å². The molecule has 0 radical (unpaired) electrons. The van der Waals surface area contributed by atoms with Crippen LogP contribution in [0.2, 0.25) is 0 Å². The zero-order valence-corrected chi connectivity index (χ0v) is 16.2. The minimum absolute atomic E-state index is 0.130. The van der Waals surface area contributed by atoms with Crippen molar-refractivity contribution in [1.29, 1.82) is 0 Å². The summed E-state index contributed by atoms with van der Waals surface area (Å²) < 4.78 is 1.95. The normalized spacial score (nSPS) is 14.3. The van der Waals surface area contributed by atoms with Gasteiger partial charge in [0.2, 0.25) is 5.91 Å². The maximum atomic E-state index is 12.6. The van der Waals surface area contributed by atoms with Gasteiger partial charge in [-0.15, -0.1) is 0 Å². The number of pyridine rings is 1.